The number of carbonyl (C=O) groups excluding carboxylic acids is 2. The normalized spacial score (nSPS) is 15.3. The van der Waals surface area contributed by atoms with E-state index in [-0.39, 0.29) is 31.2 Å². The van der Waals surface area contributed by atoms with Crippen LogP contribution >= 0.6 is 0 Å². The third kappa shape index (κ3) is 4.93. The third-order valence-corrected chi connectivity index (χ3v) is 4.02. The molecular formula is C19H19F2N3O3. The largest absolute Gasteiger partial charge is 0.488 e. The van der Waals surface area contributed by atoms with Crippen molar-refractivity contribution in [3.63, 3.8) is 0 Å². The number of hydrogen-bond acceptors (Lipinski definition) is 3. The van der Waals surface area contributed by atoms with Gasteiger partial charge in [0.25, 0.3) is 0 Å². The van der Waals surface area contributed by atoms with Gasteiger partial charge in [0.15, 0.2) is 11.6 Å². The average Bonchev–Trinajstić information content (AvgIpc) is 2.59. The van der Waals surface area contributed by atoms with E-state index in [1.807, 2.05) is 6.07 Å². The van der Waals surface area contributed by atoms with Gasteiger partial charge in [0, 0.05) is 30.8 Å². The summed E-state index contributed by atoms with van der Waals surface area (Å²) < 4.78 is 32.3. The van der Waals surface area contributed by atoms with E-state index in [9.17, 15) is 18.4 Å². The molecule has 2 aromatic carbocycles. The summed E-state index contributed by atoms with van der Waals surface area (Å²) in [6, 6.07) is 8.25. The summed E-state index contributed by atoms with van der Waals surface area (Å²) in [5.74, 6) is -1.57. The molecule has 3 amide bonds. The van der Waals surface area contributed by atoms with Crippen molar-refractivity contribution in [3.8, 4) is 5.75 Å². The number of urea groups is 1. The Kier molecular flexibility index (Phi) is 5.54. The number of nitrogens with one attached hydrogen (secondary N) is 3. The topological polar surface area (TPSA) is 79.5 Å². The molecule has 27 heavy (non-hydrogen) atoms. The Labute approximate surface area is 154 Å². The Morgan fingerprint density at radius 2 is 2.04 bits per heavy atom. The van der Waals surface area contributed by atoms with Gasteiger partial charge in [0.2, 0.25) is 5.91 Å². The van der Waals surface area contributed by atoms with E-state index >= 15 is 0 Å². The Morgan fingerprint density at radius 1 is 1.22 bits per heavy atom. The maximum absolute atomic E-state index is 13.7. The lowest BCUT2D eigenvalue weighted by molar-refractivity contribution is -0.114. The fourth-order valence-electron chi connectivity index (χ4n) is 2.91. The molecule has 1 aliphatic heterocycles. The Morgan fingerprint density at radius 3 is 2.81 bits per heavy atom. The summed E-state index contributed by atoms with van der Waals surface area (Å²) in [7, 11) is 0. The minimum absolute atomic E-state index is 0.0321. The zero-order valence-corrected chi connectivity index (χ0v) is 14.6. The Bertz CT molecular complexity index is 873. The van der Waals surface area contributed by atoms with E-state index in [0.29, 0.717) is 11.3 Å². The maximum Gasteiger partial charge on any atom is 0.315 e. The van der Waals surface area contributed by atoms with Crippen LogP contribution < -0.4 is 20.7 Å². The highest BCUT2D eigenvalue weighted by atomic mass is 19.1. The number of benzene rings is 2. The molecule has 3 N–H and O–H groups in total. The molecule has 0 aromatic heterocycles. The zero-order chi connectivity index (χ0) is 19.4. The van der Waals surface area contributed by atoms with E-state index < -0.39 is 23.7 Å². The molecule has 1 aliphatic rings. The van der Waals surface area contributed by atoms with Crippen LogP contribution in [0.1, 0.15) is 18.1 Å². The number of halogens is 2. The molecule has 0 bridgehead atoms. The van der Waals surface area contributed by atoms with Crippen molar-refractivity contribution in [3.05, 3.63) is 59.2 Å². The summed E-state index contributed by atoms with van der Waals surface area (Å²) in [6.07, 6.45) is 0.273. The van der Waals surface area contributed by atoms with Gasteiger partial charge in [-0.3, -0.25) is 4.79 Å². The second kappa shape index (κ2) is 8.03. The van der Waals surface area contributed by atoms with Crippen LogP contribution in [0, 0.1) is 11.6 Å². The maximum atomic E-state index is 13.7. The average molecular weight is 375 g/mol. The summed E-state index contributed by atoms with van der Waals surface area (Å²) in [5, 5.41) is 8.11. The number of rotatable bonds is 4. The number of carbonyl (C=O) groups is 2. The molecule has 0 saturated carbocycles. The van der Waals surface area contributed by atoms with Gasteiger partial charge in [-0.15, -0.1) is 0 Å². The molecule has 8 heteroatoms. The predicted octanol–water partition coefficient (Wildman–Crippen LogP) is 2.73. The van der Waals surface area contributed by atoms with Crippen molar-refractivity contribution in [1.29, 1.82) is 0 Å². The first-order chi connectivity index (χ1) is 12.9. The number of ether oxygens (including phenoxy) is 1. The van der Waals surface area contributed by atoms with Crippen molar-refractivity contribution < 1.29 is 23.1 Å². The lowest BCUT2D eigenvalue weighted by Crippen LogP contribution is -2.47. The van der Waals surface area contributed by atoms with E-state index in [2.05, 4.69) is 16.0 Å². The van der Waals surface area contributed by atoms with E-state index in [1.54, 1.807) is 18.2 Å². The summed E-state index contributed by atoms with van der Waals surface area (Å²) in [4.78, 5) is 23.2. The van der Waals surface area contributed by atoms with Crippen LogP contribution in [-0.2, 0) is 17.8 Å². The SMILES string of the molecule is CC(=O)Nc1cccc(CNC(=O)NC2COc3c(F)cc(F)cc3C2)c1. The second-order valence-electron chi connectivity index (χ2n) is 6.30. The molecule has 1 unspecified atom stereocenters. The minimum atomic E-state index is -0.744. The highest BCUT2D eigenvalue weighted by molar-refractivity contribution is 5.88. The standard InChI is InChI=1S/C19H19F2N3O3/c1-11(25)23-15-4-2-3-12(5-15)9-22-19(26)24-16-7-13-6-14(20)8-17(21)18(13)27-10-16/h2-6,8,16H,7,9-10H2,1H3,(H,23,25)(H2,22,24,26). The van der Waals surface area contributed by atoms with Crippen LogP contribution in [0.15, 0.2) is 36.4 Å². The monoisotopic (exact) mass is 375 g/mol. The molecule has 0 aliphatic carbocycles. The van der Waals surface area contributed by atoms with Crippen LogP contribution in [0.2, 0.25) is 0 Å². The van der Waals surface area contributed by atoms with Crippen molar-refractivity contribution >= 4 is 17.6 Å². The predicted molar refractivity (Wildman–Crippen MR) is 95.5 cm³/mol. The summed E-state index contributed by atoms with van der Waals surface area (Å²) in [6.45, 7) is 1.77. The fraction of sp³-hybridized carbons (Fsp3) is 0.263. The number of anilines is 1. The van der Waals surface area contributed by atoms with Gasteiger partial charge in [-0.05, 0) is 30.2 Å². The van der Waals surface area contributed by atoms with Crippen molar-refractivity contribution in [1.82, 2.24) is 10.6 Å². The fourth-order valence-corrected chi connectivity index (χ4v) is 2.91. The zero-order valence-electron chi connectivity index (χ0n) is 14.6. The van der Waals surface area contributed by atoms with Gasteiger partial charge in [-0.2, -0.15) is 0 Å². The van der Waals surface area contributed by atoms with Gasteiger partial charge in [0.05, 0.1) is 6.04 Å². The van der Waals surface area contributed by atoms with E-state index in [0.717, 1.165) is 11.6 Å². The van der Waals surface area contributed by atoms with Crippen molar-refractivity contribution in [2.45, 2.75) is 25.9 Å². The molecule has 6 nitrogen and oxygen atoms in total. The first kappa shape index (κ1) is 18.6. The van der Waals surface area contributed by atoms with Crippen molar-refractivity contribution in [2.75, 3.05) is 11.9 Å². The van der Waals surface area contributed by atoms with Crippen LogP contribution in [-0.4, -0.2) is 24.6 Å². The smallest absolute Gasteiger partial charge is 0.315 e. The quantitative estimate of drug-likeness (QED) is 0.769. The molecule has 142 valence electrons. The molecule has 0 saturated heterocycles. The lowest BCUT2D eigenvalue weighted by atomic mass is 10.0. The molecule has 1 heterocycles. The van der Waals surface area contributed by atoms with Crippen LogP contribution in [0.3, 0.4) is 0 Å². The van der Waals surface area contributed by atoms with Gasteiger partial charge in [-0.1, -0.05) is 12.1 Å². The highest BCUT2D eigenvalue weighted by Gasteiger charge is 2.24. The molecular weight excluding hydrogens is 356 g/mol. The first-order valence-electron chi connectivity index (χ1n) is 8.42. The molecule has 2 aromatic rings. The molecule has 0 radical (unpaired) electrons. The van der Waals surface area contributed by atoms with Crippen LogP contribution in [0.4, 0.5) is 19.3 Å². The second-order valence-corrected chi connectivity index (χ2v) is 6.30. The number of hydrogen-bond donors (Lipinski definition) is 3. The van der Waals surface area contributed by atoms with E-state index in [1.165, 1.54) is 13.0 Å². The van der Waals surface area contributed by atoms with Gasteiger partial charge in [0.1, 0.15) is 12.4 Å². The lowest BCUT2D eigenvalue weighted by Gasteiger charge is -2.26. The number of fused-ring (bicyclic) bond motifs is 1. The number of amides is 3. The van der Waals surface area contributed by atoms with Crippen LogP contribution in [0.25, 0.3) is 0 Å². The van der Waals surface area contributed by atoms with Crippen LogP contribution in [0.5, 0.6) is 5.75 Å². The molecule has 0 fully saturated rings. The molecule has 0 spiro atoms. The first-order valence-corrected chi connectivity index (χ1v) is 8.42. The third-order valence-electron chi connectivity index (χ3n) is 4.02. The summed E-state index contributed by atoms with van der Waals surface area (Å²) >= 11 is 0. The highest BCUT2D eigenvalue weighted by Crippen LogP contribution is 2.28. The van der Waals surface area contributed by atoms with Gasteiger partial charge >= 0.3 is 6.03 Å². The Hall–Kier alpha value is -3.16. The van der Waals surface area contributed by atoms with Gasteiger partial charge in [-0.25, -0.2) is 13.6 Å². The van der Waals surface area contributed by atoms with Crippen molar-refractivity contribution in [2.24, 2.45) is 0 Å². The van der Waals surface area contributed by atoms with E-state index in [4.69, 9.17) is 4.74 Å². The Balaban J connectivity index is 1.53. The molecule has 1 atom stereocenters. The summed E-state index contributed by atoms with van der Waals surface area (Å²) in [5.41, 5.74) is 1.83. The molecule has 3 rings (SSSR count). The minimum Gasteiger partial charge on any atom is -0.488 e. The van der Waals surface area contributed by atoms with Gasteiger partial charge < -0.3 is 20.7 Å².